The molecule has 2 heterocycles. The zero-order valence-electron chi connectivity index (χ0n) is 18.1. The standard InChI is InChI=1S/C23H32N4O2.HI/c1-17-11-15-29-21(17)22(28)25-12-7-13-26-23(24-3)27-14-10-20(18(2)16-27)19-8-5-4-6-9-19;/h4-6,8-9,11,15,18,20H,7,10,12-14,16H2,1-3H3,(H,24,26)(H,25,28);1H. The molecule has 1 saturated heterocycles. The maximum atomic E-state index is 12.1. The summed E-state index contributed by atoms with van der Waals surface area (Å²) in [5.41, 5.74) is 2.29. The third kappa shape index (κ3) is 6.23. The number of halogens is 1. The van der Waals surface area contributed by atoms with Crippen molar-refractivity contribution in [2.24, 2.45) is 10.9 Å². The van der Waals surface area contributed by atoms with Crippen molar-refractivity contribution >= 4 is 35.8 Å². The normalized spacial score (nSPS) is 19.2. The Hall–Kier alpha value is -2.03. The first-order valence-corrected chi connectivity index (χ1v) is 10.4. The molecule has 1 aromatic heterocycles. The summed E-state index contributed by atoms with van der Waals surface area (Å²) in [6, 6.07) is 12.6. The molecule has 1 aliphatic rings. The highest BCUT2D eigenvalue weighted by Crippen LogP contribution is 2.32. The maximum Gasteiger partial charge on any atom is 0.287 e. The smallest absolute Gasteiger partial charge is 0.287 e. The number of aliphatic imine (C=N–C) groups is 1. The fourth-order valence-electron chi connectivity index (χ4n) is 4.04. The van der Waals surface area contributed by atoms with E-state index in [4.69, 9.17) is 4.42 Å². The Bertz CT molecular complexity index is 822. The highest BCUT2D eigenvalue weighted by atomic mass is 127. The lowest BCUT2D eigenvalue weighted by Gasteiger charge is -2.39. The van der Waals surface area contributed by atoms with Crippen LogP contribution in [0, 0.1) is 12.8 Å². The van der Waals surface area contributed by atoms with Gasteiger partial charge in [0.15, 0.2) is 11.7 Å². The molecule has 6 nitrogen and oxygen atoms in total. The first kappa shape index (κ1) is 24.2. The summed E-state index contributed by atoms with van der Waals surface area (Å²) < 4.78 is 5.22. The van der Waals surface area contributed by atoms with E-state index in [2.05, 4.69) is 57.8 Å². The molecule has 0 spiro atoms. The zero-order valence-corrected chi connectivity index (χ0v) is 20.4. The van der Waals surface area contributed by atoms with Crippen molar-refractivity contribution in [3.8, 4) is 0 Å². The van der Waals surface area contributed by atoms with Crippen LogP contribution in [-0.2, 0) is 0 Å². The van der Waals surface area contributed by atoms with Gasteiger partial charge in [0.25, 0.3) is 5.91 Å². The zero-order chi connectivity index (χ0) is 20.6. The summed E-state index contributed by atoms with van der Waals surface area (Å²) in [6.45, 7) is 7.54. The van der Waals surface area contributed by atoms with Crippen LogP contribution in [0.5, 0.6) is 0 Å². The molecule has 0 saturated carbocycles. The van der Waals surface area contributed by atoms with E-state index in [0.717, 1.165) is 44.0 Å². The van der Waals surface area contributed by atoms with Gasteiger partial charge < -0.3 is 20.0 Å². The molecule has 3 rings (SSSR count). The van der Waals surface area contributed by atoms with Gasteiger partial charge in [0.05, 0.1) is 6.26 Å². The largest absolute Gasteiger partial charge is 0.459 e. The number of furan rings is 1. The number of guanidine groups is 1. The SMILES string of the molecule is CN=C(NCCCNC(=O)c1occc1C)N1CCC(c2ccccc2)C(C)C1.I. The molecule has 1 aliphatic heterocycles. The van der Waals surface area contributed by atoms with Gasteiger partial charge in [0.2, 0.25) is 0 Å². The van der Waals surface area contributed by atoms with Crippen LogP contribution in [0.15, 0.2) is 52.1 Å². The van der Waals surface area contributed by atoms with Gasteiger partial charge in [-0.1, -0.05) is 37.3 Å². The van der Waals surface area contributed by atoms with Crippen LogP contribution in [0.4, 0.5) is 0 Å². The average molecular weight is 524 g/mol. The predicted octanol–water partition coefficient (Wildman–Crippen LogP) is 4.03. The van der Waals surface area contributed by atoms with Crippen LogP contribution in [0.25, 0.3) is 0 Å². The van der Waals surface area contributed by atoms with E-state index in [1.54, 1.807) is 6.07 Å². The molecular weight excluding hydrogens is 491 g/mol. The number of aryl methyl sites for hydroxylation is 1. The van der Waals surface area contributed by atoms with E-state index in [9.17, 15) is 4.79 Å². The summed E-state index contributed by atoms with van der Waals surface area (Å²) >= 11 is 0. The van der Waals surface area contributed by atoms with Crippen LogP contribution >= 0.6 is 24.0 Å². The molecule has 0 aliphatic carbocycles. The van der Waals surface area contributed by atoms with Gasteiger partial charge >= 0.3 is 0 Å². The minimum atomic E-state index is -0.159. The van der Waals surface area contributed by atoms with Crippen molar-refractivity contribution < 1.29 is 9.21 Å². The fourth-order valence-corrected chi connectivity index (χ4v) is 4.04. The van der Waals surface area contributed by atoms with Crippen molar-refractivity contribution in [3.05, 3.63) is 59.5 Å². The average Bonchev–Trinajstić information content (AvgIpc) is 3.17. The summed E-state index contributed by atoms with van der Waals surface area (Å²) in [6.07, 6.45) is 3.49. The fraction of sp³-hybridized carbons (Fsp3) is 0.478. The second-order valence-corrected chi connectivity index (χ2v) is 7.75. The highest BCUT2D eigenvalue weighted by Gasteiger charge is 2.28. The number of nitrogens with zero attached hydrogens (tertiary/aromatic N) is 2. The van der Waals surface area contributed by atoms with Gasteiger partial charge in [-0.05, 0) is 43.2 Å². The molecule has 7 heteroatoms. The van der Waals surface area contributed by atoms with Crippen LogP contribution in [0.3, 0.4) is 0 Å². The molecule has 0 radical (unpaired) electrons. The number of rotatable bonds is 6. The molecule has 2 unspecified atom stereocenters. The topological polar surface area (TPSA) is 69.9 Å². The first-order chi connectivity index (χ1) is 14.1. The maximum absolute atomic E-state index is 12.1. The lowest BCUT2D eigenvalue weighted by molar-refractivity contribution is 0.0925. The molecule has 164 valence electrons. The Balaban J connectivity index is 0.00000320. The van der Waals surface area contributed by atoms with Crippen molar-refractivity contribution in [2.75, 3.05) is 33.2 Å². The number of nitrogens with one attached hydrogen (secondary N) is 2. The van der Waals surface area contributed by atoms with E-state index in [0.29, 0.717) is 24.1 Å². The molecular formula is C23H33IN4O2. The molecule has 1 aromatic carbocycles. The molecule has 2 atom stereocenters. The van der Waals surface area contributed by atoms with E-state index in [1.165, 1.54) is 11.8 Å². The monoisotopic (exact) mass is 524 g/mol. The molecule has 30 heavy (non-hydrogen) atoms. The highest BCUT2D eigenvalue weighted by molar-refractivity contribution is 14.0. The van der Waals surface area contributed by atoms with Gasteiger partial charge in [0.1, 0.15) is 0 Å². The quantitative estimate of drug-likeness (QED) is 0.259. The Morgan fingerprint density at radius 3 is 2.57 bits per heavy atom. The number of piperidine rings is 1. The van der Waals surface area contributed by atoms with Gasteiger partial charge in [-0.15, -0.1) is 24.0 Å². The second-order valence-electron chi connectivity index (χ2n) is 7.75. The van der Waals surface area contributed by atoms with Crippen LogP contribution in [-0.4, -0.2) is 50.0 Å². The molecule has 1 amide bonds. The summed E-state index contributed by atoms with van der Waals surface area (Å²) in [5.74, 6) is 2.35. The van der Waals surface area contributed by atoms with Crippen molar-refractivity contribution in [3.63, 3.8) is 0 Å². The number of likely N-dealkylation sites (tertiary alicyclic amines) is 1. The number of hydrogen-bond acceptors (Lipinski definition) is 3. The Kier molecular flexibility index (Phi) is 9.68. The van der Waals surface area contributed by atoms with Crippen molar-refractivity contribution in [1.29, 1.82) is 0 Å². The van der Waals surface area contributed by atoms with Crippen molar-refractivity contribution in [2.45, 2.75) is 32.6 Å². The van der Waals surface area contributed by atoms with E-state index < -0.39 is 0 Å². The lowest BCUT2D eigenvalue weighted by Crippen LogP contribution is -2.48. The Labute approximate surface area is 196 Å². The second kappa shape index (κ2) is 12.0. The van der Waals surface area contributed by atoms with E-state index in [-0.39, 0.29) is 29.9 Å². The van der Waals surface area contributed by atoms with Gasteiger partial charge in [-0.2, -0.15) is 0 Å². The number of carbonyl (C=O) groups excluding carboxylic acids is 1. The number of carbonyl (C=O) groups is 1. The first-order valence-electron chi connectivity index (χ1n) is 10.4. The van der Waals surface area contributed by atoms with Gasteiger partial charge in [-0.3, -0.25) is 9.79 Å². The van der Waals surface area contributed by atoms with Crippen LogP contribution < -0.4 is 10.6 Å². The Morgan fingerprint density at radius 2 is 1.93 bits per heavy atom. The van der Waals surface area contributed by atoms with Crippen molar-refractivity contribution in [1.82, 2.24) is 15.5 Å². The third-order valence-electron chi connectivity index (χ3n) is 5.63. The van der Waals surface area contributed by atoms with Crippen LogP contribution in [0.2, 0.25) is 0 Å². The third-order valence-corrected chi connectivity index (χ3v) is 5.63. The summed E-state index contributed by atoms with van der Waals surface area (Å²) in [4.78, 5) is 18.9. The van der Waals surface area contributed by atoms with E-state index >= 15 is 0 Å². The molecule has 1 fully saturated rings. The van der Waals surface area contributed by atoms with E-state index in [1.807, 2.05) is 14.0 Å². The number of amides is 1. The van der Waals surface area contributed by atoms with Gasteiger partial charge in [-0.25, -0.2) is 0 Å². The Morgan fingerprint density at radius 1 is 1.20 bits per heavy atom. The minimum Gasteiger partial charge on any atom is -0.459 e. The summed E-state index contributed by atoms with van der Waals surface area (Å²) in [5, 5.41) is 6.34. The molecule has 2 aromatic rings. The van der Waals surface area contributed by atoms with Gasteiger partial charge in [0, 0.05) is 38.8 Å². The summed E-state index contributed by atoms with van der Waals surface area (Å²) in [7, 11) is 1.83. The lowest BCUT2D eigenvalue weighted by atomic mass is 9.82. The minimum absolute atomic E-state index is 0. The number of hydrogen-bond donors (Lipinski definition) is 2. The number of benzene rings is 1. The molecule has 2 N–H and O–H groups in total. The molecule has 0 bridgehead atoms. The predicted molar refractivity (Wildman–Crippen MR) is 132 cm³/mol. The van der Waals surface area contributed by atoms with Crippen LogP contribution in [0.1, 0.15) is 47.4 Å².